The van der Waals surface area contributed by atoms with Crippen LogP contribution in [0.1, 0.15) is 49.1 Å². The molecule has 1 saturated carbocycles. The van der Waals surface area contributed by atoms with Gasteiger partial charge in [-0.05, 0) is 25.0 Å². The van der Waals surface area contributed by atoms with Crippen LogP contribution in [0, 0.1) is 0 Å². The van der Waals surface area contributed by atoms with Gasteiger partial charge in [0, 0.05) is 18.9 Å². The fraction of sp³-hybridized carbons (Fsp3) is 0.538. The first kappa shape index (κ1) is 11.9. The maximum Gasteiger partial charge on any atom is 0.220 e. The zero-order valence-corrected chi connectivity index (χ0v) is 9.78. The number of carbonyl (C=O) groups excluding carboxylic acids is 2. The third-order valence-corrected chi connectivity index (χ3v) is 3.10. The number of furan rings is 1. The molecule has 1 N–H and O–H groups in total. The SMILES string of the molecule is O=C(CCC(=O)c1ccco1)NC1CCCC1. The Labute approximate surface area is 100 Å². The topological polar surface area (TPSA) is 59.3 Å². The van der Waals surface area contributed by atoms with Gasteiger partial charge in [0.2, 0.25) is 5.91 Å². The predicted octanol–water partition coefficient (Wildman–Crippen LogP) is 2.30. The largest absolute Gasteiger partial charge is 0.461 e. The number of hydrogen-bond donors (Lipinski definition) is 1. The molecule has 0 unspecified atom stereocenters. The summed E-state index contributed by atoms with van der Waals surface area (Å²) in [5, 5.41) is 2.96. The summed E-state index contributed by atoms with van der Waals surface area (Å²) in [7, 11) is 0. The van der Waals surface area contributed by atoms with Gasteiger partial charge < -0.3 is 9.73 Å². The first-order chi connectivity index (χ1) is 8.25. The lowest BCUT2D eigenvalue weighted by Crippen LogP contribution is -2.32. The standard InChI is InChI=1S/C13H17NO3/c15-11(12-6-3-9-17-12)7-8-13(16)14-10-4-1-2-5-10/h3,6,9-10H,1-2,4-5,7-8H2,(H,14,16). The van der Waals surface area contributed by atoms with Gasteiger partial charge in [-0.15, -0.1) is 0 Å². The molecule has 1 amide bonds. The van der Waals surface area contributed by atoms with Gasteiger partial charge in [0.15, 0.2) is 11.5 Å². The highest BCUT2D eigenvalue weighted by Crippen LogP contribution is 2.17. The van der Waals surface area contributed by atoms with Crippen molar-refractivity contribution in [1.29, 1.82) is 0 Å². The van der Waals surface area contributed by atoms with E-state index in [0.717, 1.165) is 12.8 Å². The second kappa shape index (κ2) is 5.66. The number of Topliss-reactive ketones (excluding diaryl/α,β-unsaturated/α-hetero) is 1. The summed E-state index contributed by atoms with van der Waals surface area (Å²) in [5.74, 6) is 0.187. The van der Waals surface area contributed by atoms with E-state index in [2.05, 4.69) is 5.32 Å². The highest BCUT2D eigenvalue weighted by Gasteiger charge is 2.18. The summed E-state index contributed by atoms with van der Waals surface area (Å²) in [5.41, 5.74) is 0. The van der Waals surface area contributed by atoms with E-state index in [1.807, 2.05) is 0 Å². The first-order valence-corrected chi connectivity index (χ1v) is 6.12. The fourth-order valence-corrected chi connectivity index (χ4v) is 2.16. The lowest BCUT2D eigenvalue weighted by Gasteiger charge is -2.11. The van der Waals surface area contributed by atoms with Crippen molar-refractivity contribution in [2.45, 2.75) is 44.6 Å². The Morgan fingerprint density at radius 2 is 2.06 bits per heavy atom. The number of carbonyl (C=O) groups is 2. The second-order valence-corrected chi connectivity index (χ2v) is 4.45. The van der Waals surface area contributed by atoms with Crippen molar-refractivity contribution in [3.63, 3.8) is 0 Å². The highest BCUT2D eigenvalue weighted by molar-refractivity contribution is 5.95. The number of amides is 1. The van der Waals surface area contributed by atoms with Crippen molar-refractivity contribution in [3.8, 4) is 0 Å². The minimum atomic E-state index is -0.114. The maximum absolute atomic E-state index is 11.6. The molecule has 0 radical (unpaired) electrons. The Morgan fingerprint density at radius 1 is 1.29 bits per heavy atom. The van der Waals surface area contributed by atoms with Crippen LogP contribution in [-0.4, -0.2) is 17.7 Å². The first-order valence-electron chi connectivity index (χ1n) is 6.12. The molecule has 0 bridgehead atoms. The van der Waals surface area contributed by atoms with Gasteiger partial charge >= 0.3 is 0 Å². The second-order valence-electron chi connectivity index (χ2n) is 4.45. The van der Waals surface area contributed by atoms with Gasteiger partial charge in [-0.1, -0.05) is 12.8 Å². The van der Waals surface area contributed by atoms with Crippen molar-refractivity contribution >= 4 is 11.7 Å². The summed E-state index contributed by atoms with van der Waals surface area (Å²) in [6.07, 6.45) is 6.44. The smallest absolute Gasteiger partial charge is 0.220 e. The van der Waals surface area contributed by atoms with E-state index < -0.39 is 0 Å². The Bertz CT molecular complexity index is 377. The van der Waals surface area contributed by atoms with Crippen LogP contribution in [0.4, 0.5) is 0 Å². The molecule has 92 valence electrons. The van der Waals surface area contributed by atoms with E-state index in [1.165, 1.54) is 19.1 Å². The van der Waals surface area contributed by atoms with Crippen LogP contribution >= 0.6 is 0 Å². The molecule has 4 heteroatoms. The van der Waals surface area contributed by atoms with E-state index in [1.54, 1.807) is 12.1 Å². The van der Waals surface area contributed by atoms with Gasteiger partial charge in [-0.25, -0.2) is 0 Å². The van der Waals surface area contributed by atoms with Crippen LogP contribution in [0.3, 0.4) is 0 Å². The Hall–Kier alpha value is -1.58. The zero-order chi connectivity index (χ0) is 12.1. The molecule has 2 rings (SSSR count). The van der Waals surface area contributed by atoms with Gasteiger partial charge in [0.25, 0.3) is 0 Å². The summed E-state index contributed by atoms with van der Waals surface area (Å²) in [6.45, 7) is 0. The van der Waals surface area contributed by atoms with Crippen molar-refractivity contribution in [2.24, 2.45) is 0 Å². The molecule has 1 aliphatic carbocycles. The van der Waals surface area contributed by atoms with Crippen LogP contribution in [-0.2, 0) is 4.79 Å². The van der Waals surface area contributed by atoms with E-state index in [-0.39, 0.29) is 24.5 Å². The van der Waals surface area contributed by atoms with Crippen molar-refractivity contribution < 1.29 is 14.0 Å². The van der Waals surface area contributed by atoms with E-state index in [4.69, 9.17) is 4.42 Å². The maximum atomic E-state index is 11.6. The van der Waals surface area contributed by atoms with Gasteiger partial charge in [-0.3, -0.25) is 9.59 Å². The van der Waals surface area contributed by atoms with Crippen LogP contribution in [0.2, 0.25) is 0 Å². The highest BCUT2D eigenvalue weighted by atomic mass is 16.3. The number of nitrogens with one attached hydrogen (secondary N) is 1. The molecule has 1 heterocycles. The molecule has 0 saturated heterocycles. The van der Waals surface area contributed by atoms with Crippen LogP contribution in [0.25, 0.3) is 0 Å². The van der Waals surface area contributed by atoms with Crippen molar-refractivity contribution in [2.75, 3.05) is 0 Å². The summed E-state index contributed by atoms with van der Waals surface area (Å²) >= 11 is 0. The lowest BCUT2D eigenvalue weighted by atomic mass is 10.1. The van der Waals surface area contributed by atoms with Crippen LogP contribution < -0.4 is 5.32 Å². The summed E-state index contributed by atoms with van der Waals surface area (Å²) in [4.78, 5) is 23.2. The summed E-state index contributed by atoms with van der Waals surface area (Å²) < 4.78 is 4.98. The van der Waals surface area contributed by atoms with E-state index >= 15 is 0 Å². The minimum Gasteiger partial charge on any atom is -0.461 e. The molecule has 1 aromatic rings. The average Bonchev–Trinajstić information content (AvgIpc) is 2.97. The molecule has 1 aliphatic rings. The van der Waals surface area contributed by atoms with Crippen LogP contribution in [0.15, 0.2) is 22.8 Å². The number of ketones is 1. The Kier molecular flexibility index (Phi) is 3.96. The molecule has 0 aliphatic heterocycles. The minimum absolute atomic E-state index is 0.0307. The molecular weight excluding hydrogens is 218 g/mol. The Morgan fingerprint density at radius 3 is 2.71 bits per heavy atom. The predicted molar refractivity (Wildman–Crippen MR) is 62.7 cm³/mol. The molecule has 17 heavy (non-hydrogen) atoms. The quantitative estimate of drug-likeness (QED) is 0.797. The van der Waals surface area contributed by atoms with Crippen molar-refractivity contribution in [3.05, 3.63) is 24.2 Å². The number of hydrogen-bond acceptors (Lipinski definition) is 3. The van der Waals surface area contributed by atoms with Gasteiger partial charge in [0.05, 0.1) is 6.26 Å². The zero-order valence-electron chi connectivity index (χ0n) is 9.78. The monoisotopic (exact) mass is 235 g/mol. The van der Waals surface area contributed by atoms with Crippen molar-refractivity contribution in [1.82, 2.24) is 5.32 Å². The number of rotatable bonds is 5. The normalized spacial score (nSPS) is 16.0. The molecule has 1 aromatic heterocycles. The molecule has 0 spiro atoms. The van der Waals surface area contributed by atoms with Gasteiger partial charge in [-0.2, -0.15) is 0 Å². The average molecular weight is 235 g/mol. The van der Waals surface area contributed by atoms with Gasteiger partial charge in [0.1, 0.15) is 0 Å². The van der Waals surface area contributed by atoms with E-state index in [9.17, 15) is 9.59 Å². The fourth-order valence-electron chi connectivity index (χ4n) is 2.16. The summed E-state index contributed by atoms with van der Waals surface area (Å²) in [6, 6.07) is 3.62. The third-order valence-electron chi connectivity index (χ3n) is 3.10. The molecule has 1 fully saturated rings. The van der Waals surface area contributed by atoms with Crippen LogP contribution in [0.5, 0.6) is 0 Å². The Balaban J connectivity index is 1.70. The van der Waals surface area contributed by atoms with E-state index in [0.29, 0.717) is 11.8 Å². The molecule has 4 nitrogen and oxygen atoms in total. The molecular formula is C13H17NO3. The lowest BCUT2D eigenvalue weighted by molar-refractivity contribution is -0.121. The molecule has 0 aromatic carbocycles. The molecule has 0 atom stereocenters. The third kappa shape index (κ3) is 3.44.